The summed E-state index contributed by atoms with van der Waals surface area (Å²) in [6.07, 6.45) is 1.13. The van der Waals surface area contributed by atoms with Gasteiger partial charge in [-0.2, -0.15) is 10.4 Å². The number of nitriles is 1. The number of aryl methyl sites for hydroxylation is 1. The first-order valence-electron chi connectivity index (χ1n) is 12.1. The molecule has 0 aromatic heterocycles. The second-order valence-corrected chi connectivity index (χ2v) is 9.92. The molecule has 2 aliphatic rings. The average Bonchev–Trinajstić information content (AvgIpc) is 3.15. The van der Waals surface area contributed by atoms with Gasteiger partial charge >= 0.3 is 0 Å². The summed E-state index contributed by atoms with van der Waals surface area (Å²) in [4.78, 5) is 28.0. The first-order valence-corrected chi connectivity index (χ1v) is 12.9. The van der Waals surface area contributed by atoms with Crippen molar-refractivity contribution in [1.29, 1.82) is 5.26 Å². The summed E-state index contributed by atoms with van der Waals surface area (Å²) >= 11 is 3.37. The number of rotatable bonds is 7. The molecule has 2 amide bonds. The molecule has 2 aliphatic heterocycles. The fraction of sp³-hybridized carbons (Fsp3) is 0.250. The summed E-state index contributed by atoms with van der Waals surface area (Å²) in [5.74, 6) is -0.192. The predicted molar refractivity (Wildman–Crippen MR) is 144 cm³/mol. The van der Waals surface area contributed by atoms with Crippen molar-refractivity contribution in [3.8, 4) is 11.8 Å². The van der Waals surface area contributed by atoms with Crippen molar-refractivity contribution in [2.45, 2.75) is 18.9 Å². The predicted octanol–water partition coefficient (Wildman–Crippen LogP) is 5.15. The number of para-hydroxylation sites is 1. The molecule has 0 fully saturated rings. The number of aliphatic hydroxyl groups is 1. The van der Waals surface area contributed by atoms with Gasteiger partial charge in [-0.15, -0.1) is 5.11 Å². The first kappa shape index (κ1) is 25.6. The lowest BCUT2D eigenvalue weighted by Gasteiger charge is -2.33. The highest BCUT2D eigenvalue weighted by Gasteiger charge is 2.37. The van der Waals surface area contributed by atoms with E-state index in [1.165, 1.54) is 13.1 Å². The van der Waals surface area contributed by atoms with Gasteiger partial charge in [-0.25, -0.2) is 0 Å². The van der Waals surface area contributed by atoms with Gasteiger partial charge in [0.15, 0.2) is 0 Å². The normalized spacial score (nSPS) is 15.4. The van der Waals surface area contributed by atoms with Gasteiger partial charge in [0.1, 0.15) is 30.2 Å². The molecular weight excluding hydrogens is 550 g/mol. The van der Waals surface area contributed by atoms with Gasteiger partial charge in [0.05, 0.1) is 26.9 Å². The van der Waals surface area contributed by atoms with Crippen LogP contribution in [0.4, 0.5) is 17.1 Å². The van der Waals surface area contributed by atoms with E-state index in [1.54, 1.807) is 0 Å². The van der Waals surface area contributed by atoms with Gasteiger partial charge in [0, 0.05) is 25.8 Å². The number of hydrogen-bond acceptors (Lipinski definition) is 8. The van der Waals surface area contributed by atoms with E-state index >= 15 is 0 Å². The number of ether oxygens (including phenoxy) is 1. The van der Waals surface area contributed by atoms with E-state index in [0.29, 0.717) is 12.2 Å². The van der Waals surface area contributed by atoms with Crippen LogP contribution in [-0.2, 0) is 6.42 Å². The number of aliphatic hydroxyl groups excluding tert-OH is 1. The summed E-state index contributed by atoms with van der Waals surface area (Å²) in [6.45, 7) is 1.46. The lowest BCUT2D eigenvalue weighted by Crippen LogP contribution is -2.38. The molecule has 10 heteroatoms. The average molecular weight is 574 g/mol. The number of fused-ring (bicyclic) bond motifs is 2. The highest BCUT2D eigenvalue weighted by molar-refractivity contribution is 9.10. The number of anilines is 1. The molecule has 0 saturated heterocycles. The van der Waals surface area contributed by atoms with E-state index in [-0.39, 0.29) is 33.5 Å². The van der Waals surface area contributed by atoms with E-state index in [4.69, 9.17) is 4.74 Å². The van der Waals surface area contributed by atoms with Crippen molar-refractivity contribution in [3.05, 3.63) is 81.3 Å². The monoisotopic (exact) mass is 573 g/mol. The van der Waals surface area contributed by atoms with Crippen LogP contribution < -0.4 is 9.64 Å². The highest BCUT2D eigenvalue weighted by atomic mass is 79.9. The topological polar surface area (TPSA) is 119 Å². The standard InChI is InChI=1S/C28H24BrN5O4/c1-33-27(36)22-13-18(14-30)26(25(29)24(22)28(33)37)32-31-19-9-10-23-17(12-19)6-5-11-34(23)15-20(35)16-38-21-7-3-2-4-8-21/h2-4,7-10,12-13,20,35H,5-6,11,15-16H2,1H3/b32-31+. The Hall–Kier alpha value is -4.07. The Kier molecular flexibility index (Phi) is 7.22. The molecule has 0 aliphatic carbocycles. The highest BCUT2D eigenvalue weighted by Crippen LogP contribution is 2.40. The molecule has 0 radical (unpaired) electrons. The summed E-state index contributed by atoms with van der Waals surface area (Å²) in [7, 11) is 1.40. The number of hydrogen-bond donors (Lipinski definition) is 1. The quantitative estimate of drug-likeness (QED) is 0.308. The Morgan fingerprint density at radius 3 is 2.68 bits per heavy atom. The van der Waals surface area contributed by atoms with Gasteiger partial charge < -0.3 is 14.7 Å². The second kappa shape index (κ2) is 10.7. The lowest BCUT2D eigenvalue weighted by atomic mass is 10.0. The fourth-order valence-corrected chi connectivity index (χ4v) is 5.35. The molecule has 3 aromatic carbocycles. The number of carbonyl (C=O) groups is 2. The molecule has 9 nitrogen and oxygen atoms in total. The number of azo groups is 1. The number of carbonyl (C=O) groups excluding carboxylic acids is 2. The van der Waals surface area contributed by atoms with Gasteiger partial charge in [0.2, 0.25) is 0 Å². The zero-order valence-corrected chi connectivity index (χ0v) is 22.2. The van der Waals surface area contributed by atoms with Crippen molar-refractivity contribution in [3.63, 3.8) is 0 Å². The van der Waals surface area contributed by atoms with Crippen LogP contribution in [0.3, 0.4) is 0 Å². The SMILES string of the molecule is CN1C(=O)c2cc(C#N)c(/N=N/c3ccc4c(c3)CCCN4CC(O)COc3ccccc3)c(Br)c2C1=O. The van der Waals surface area contributed by atoms with Crippen LogP contribution in [0.5, 0.6) is 5.75 Å². The third-order valence-corrected chi connectivity index (χ3v) is 7.35. The molecule has 1 N–H and O–H groups in total. The Bertz CT molecular complexity index is 1480. The molecule has 5 rings (SSSR count). The Labute approximate surface area is 228 Å². The molecule has 192 valence electrons. The minimum atomic E-state index is -0.657. The molecule has 0 saturated carbocycles. The van der Waals surface area contributed by atoms with E-state index in [0.717, 1.165) is 41.3 Å². The zero-order valence-electron chi connectivity index (χ0n) is 20.6. The van der Waals surface area contributed by atoms with Gasteiger partial charge in [0.25, 0.3) is 11.8 Å². The Morgan fingerprint density at radius 1 is 1.13 bits per heavy atom. The first-order chi connectivity index (χ1) is 18.4. The van der Waals surface area contributed by atoms with Gasteiger partial charge in [-0.05, 0) is 70.7 Å². The summed E-state index contributed by atoms with van der Waals surface area (Å²) in [6, 6.07) is 18.5. The van der Waals surface area contributed by atoms with E-state index in [2.05, 4.69) is 31.1 Å². The minimum absolute atomic E-state index is 0.145. The van der Waals surface area contributed by atoms with Crippen LogP contribution in [0.2, 0.25) is 0 Å². The molecule has 3 aromatic rings. The largest absolute Gasteiger partial charge is 0.491 e. The van der Waals surface area contributed by atoms with Crippen molar-refractivity contribution >= 4 is 44.8 Å². The molecule has 38 heavy (non-hydrogen) atoms. The van der Waals surface area contributed by atoms with Crippen LogP contribution in [-0.4, -0.2) is 54.7 Å². The van der Waals surface area contributed by atoms with E-state index in [9.17, 15) is 20.0 Å². The second-order valence-electron chi connectivity index (χ2n) is 9.13. The van der Waals surface area contributed by atoms with Crippen molar-refractivity contribution in [2.75, 3.05) is 31.6 Å². The maximum Gasteiger partial charge on any atom is 0.262 e. The van der Waals surface area contributed by atoms with Crippen LogP contribution in [0.15, 0.2) is 69.3 Å². The molecule has 0 spiro atoms. The Balaban J connectivity index is 1.33. The van der Waals surface area contributed by atoms with Crippen LogP contribution >= 0.6 is 15.9 Å². The number of β-amino-alcohol motifs (C(OH)–C–C–N with tert-alkyl or cyclic N) is 1. The maximum absolute atomic E-state index is 12.5. The van der Waals surface area contributed by atoms with Gasteiger partial charge in [-0.1, -0.05) is 18.2 Å². The molecule has 1 unspecified atom stereocenters. The third-order valence-electron chi connectivity index (χ3n) is 6.57. The summed E-state index contributed by atoms with van der Waals surface area (Å²) in [5, 5.41) is 28.8. The lowest BCUT2D eigenvalue weighted by molar-refractivity contribution is 0.0692. The molecule has 0 bridgehead atoms. The molecule has 2 heterocycles. The minimum Gasteiger partial charge on any atom is -0.491 e. The number of nitrogens with zero attached hydrogens (tertiary/aromatic N) is 5. The number of imide groups is 1. The number of halogens is 1. The smallest absolute Gasteiger partial charge is 0.262 e. The van der Waals surface area contributed by atoms with Crippen molar-refractivity contribution in [1.82, 2.24) is 4.90 Å². The van der Waals surface area contributed by atoms with E-state index in [1.807, 2.05) is 54.6 Å². The maximum atomic E-state index is 12.5. The van der Waals surface area contributed by atoms with Crippen molar-refractivity contribution in [2.24, 2.45) is 10.2 Å². The van der Waals surface area contributed by atoms with Crippen LogP contribution in [0, 0.1) is 11.3 Å². The van der Waals surface area contributed by atoms with Crippen LogP contribution in [0.1, 0.15) is 38.3 Å². The summed E-state index contributed by atoms with van der Waals surface area (Å²) in [5.41, 5.74) is 3.40. The molecular formula is C28H24BrN5O4. The number of amides is 2. The summed E-state index contributed by atoms with van der Waals surface area (Å²) < 4.78 is 5.96. The van der Waals surface area contributed by atoms with Gasteiger partial charge in [-0.3, -0.25) is 14.5 Å². The molecule has 1 atom stereocenters. The third kappa shape index (κ3) is 4.90. The van der Waals surface area contributed by atoms with Crippen molar-refractivity contribution < 1.29 is 19.4 Å². The Morgan fingerprint density at radius 2 is 1.92 bits per heavy atom. The zero-order chi connectivity index (χ0) is 26.8. The van der Waals surface area contributed by atoms with E-state index < -0.39 is 17.9 Å². The number of benzene rings is 3. The fourth-order valence-electron chi connectivity index (χ4n) is 4.68. The van der Waals surface area contributed by atoms with Crippen LogP contribution in [0.25, 0.3) is 0 Å².